The summed E-state index contributed by atoms with van der Waals surface area (Å²) >= 11 is 5.85. The molecule has 0 saturated carbocycles. The van der Waals surface area contributed by atoms with Crippen molar-refractivity contribution in [1.29, 1.82) is 0 Å². The van der Waals surface area contributed by atoms with Gasteiger partial charge in [0.15, 0.2) is 0 Å². The maximum absolute atomic E-state index is 12.0. The van der Waals surface area contributed by atoms with Crippen molar-refractivity contribution >= 4 is 23.5 Å². The second kappa shape index (κ2) is 6.43. The molecule has 0 fully saturated rings. The number of nitrogens with one attached hydrogen (secondary N) is 1. The first-order valence-electron chi connectivity index (χ1n) is 5.89. The number of phenols is 1. The van der Waals surface area contributed by atoms with Gasteiger partial charge in [0.1, 0.15) is 11.8 Å². The number of rotatable bonds is 5. The number of carbonyl (C=O) groups excluding carboxylic acids is 1. The number of hydrogen-bond acceptors (Lipinski definition) is 3. The highest BCUT2D eigenvalue weighted by Gasteiger charge is 2.26. The smallest absolute Gasteiger partial charge is 0.326 e. The standard InChI is InChI=1S/C13H16ClNO4/c1-3-7(2)11(13(18)19)15-12(17)9-6-8(16)4-5-10(9)14/h4-7,11,16H,3H2,1-2H3,(H,15,17)(H,18,19)/t7-,11-/m0/s1. The van der Waals surface area contributed by atoms with Crippen LogP contribution >= 0.6 is 11.6 Å². The van der Waals surface area contributed by atoms with E-state index in [1.807, 2.05) is 6.92 Å². The highest BCUT2D eigenvalue weighted by Crippen LogP contribution is 2.21. The molecule has 6 heteroatoms. The van der Waals surface area contributed by atoms with Gasteiger partial charge in [-0.2, -0.15) is 0 Å². The van der Waals surface area contributed by atoms with Gasteiger partial charge in [-0.15, -0.1) is 0 Å². The van der Waals surface area contributed by atoms with Crippen LogP contribution in [0.15, 0.2) is 18.2 Å². The molecule has 3 N–H and O–H groups in total. The summed E-state index contributed by atoms with van der Waals surface area (Å²) in [5.41, 5.74) is 0.0521. The normalized spacial score (nSPS) is 13.6. The van der Waals surface area contributed by atoms with Gasteiger partial charge in [-0.3, -0.25) is 4.79 Å². The second-order valence-corrected chi connectivity index (χ2v) is 4.75. The van der Waals surface area contributed by atoms with Crippen molar-refractivity contribution in [1.82, 2.24) is 5.32 Å². The molecule has 0 aliphatic rings. The average molecular weight is 286 g/mol. The van der Waals surface area contributed by atoms with Crippen LogP contribution in [0, 0.1) is 5.92 Å². The summed E-state index contributed by atoms with van der Waals surface area (Å²) in [5, 5.41) is 21.0. The van der Waals surface area contributed by atoms with E-state index in [9.17, 15) is 14.7 Å². The number of phenolic OH excluding ortho intramolecular Hbond substituents is 1. The highest BCUT2D eigenvalue weighted by molar-refractivity contribution is 6.33. The molecular weight excluding hydrogens is 270 g/mol. The third kappa shape index (κ3) is 3.86. The first-order chi connectivity index (χ1) is 8.86. The Bertz CT molecular complexity index is 490. The number of halogens is 1. The number of carboxylic acid groups (broad SMARTS) is 1. The molecule has 19 heavy (non-hydrogen) atoms. The molecule has 0 saturated heterocycles. The Morgan fingerprint density at radius 2 is 2.05 bits per heavy atom. The molecule has 1 amide bonds. The van der Waals surface area contributed by atoms with Gasteiger partial charge in [0.05, 0.1) is 10.6 Å². The number of aliphatic carboxylic acids is 1. The molecule has 0 heterocycles. The molecule has 0 radical (unpaired) electrons. The molecule has 104 valence electrons. The third-order valence-corrected chi connectivity index (χ3v) is 3.29. The van der Waals surface area contributed by atoms with E-state index in [0.717, 1.165) is 0 Å². The van der Waals surface area contributed by atoms with E-state index >= 15 is 0 Å². The van der Waals surface area contributed by atoms with Crippen LogP contribution in [-0.2, 0) is 4.79 Å². The van der Waals surface area contributed by atoms with Gasteiger partial charge >= 0.3 is 5.97 Å². The quantitative estimate of drug-likeness (QED) is 0.774. The minimum Gasteiger partial charge on any atom is -0.508 e. The van der Waals surface area contributed by atoms with Gasteiger partial charge in [-0.05, 0) is 24.1 Å². The topological polar surface area (TPSA) is 86.6 Å². The second-order valence-electron chi connectivity index (χ2n) is 4.34. The van der Waals surface area contributed by atoms with E-state index in [0.29, 0.717) is 6.42 Å². The molecular formula is C13H16ClNO4. The fourth-order valence-electron chi connectivity index (χ4n) is 1.59. The molecule has 0 spiro atoms. The Morgan fingerprint density at radius 3 is 2.58 bits per heavy atom. The number of hydrogen-bond donors (Lipinski definition) is 3. The van der Waals surface area contributed by atoms with E-state index in [2.05, 4.69) is 5.32 Å². The fraction of sp³-hybridized carbons (Fsp3) is 0.385. The lowest BCUT2D eigenvalue weighted by Gasteiger charge is -2.20. The number of benzene rings is 1. The van der Waals surface area contributed by atoms with Gasteiger partial charge in [0, 0.05) is 0 Å². The Balaban J connectivity index is 2.94. The summed E-state index contributed by atoms with van der Waals surface area (Å²) in [6, 6.07) is 2.94. The van der Waals surface area contributed by atoms with E-state index in [4.69, 9.17) is 16.7 Å². The lowest BCUT2D eigenvalue weighted by molar-refractivity contribution is -0.140. The van der Waals surface area contributed by atoms with Crippen molar-refractivity contribution in [2.45, 2.75) is 26.3 Å². The van der Waals surface area contributed by atoms with Crippen LogP contribution in [0.2, 0.25) is 5.02 Å². The van der Waals surface area contributed by atoms with Crippen LogP contribution < -0.4 is 5.32 Å². The zero-order valence-electron chi connectivity index (χ0n) is 10.7. The van der Waals surface area contributed by atoms with Crippen LogP contribution in [0.3, 0.4) is 0 Å². The lowest BCUT2D eigenvalue weighted by Crippen LogP contribution is -2.45. The first kappa shape index (κ1) is 15.3. The molecule has 0 unspecified atom stereocenters. The van der Waals surface area contributed by atoms with Gasteiger partial charge in [-0.25, -0.2) is 4.79 Å². The third-order valence-electron chi connectivity index (χ3n) is 2.96. The number of aromatic hydroxyl groups is 1. The van der Waals surface area contributed by atoms with E-state index in [1.54, 1.807) is 6.92 Å². The Labute approximate surface area is 116 Å². The fourth-order valence-corrected chi connectivity index (χ4v) is 1.79. The van der Waals surface area contributed by atoms with Crippen LogP contribution in [-0.4, -0.2) is 28.1 Å². The first-order valence-corrected chi connectivity index (χ1v) is 6.26. The summed E-state index contributed by atoms with van der Waals surface area (Å²) < 4.78 is 0. The molecule has 0 aliphatic heterocycles. The van der Waals surface area contributed by atoms with Gasteiger partial charge in [-0.1, -0.05) is 31.9 Å². The van der Waals surface area contributed by atoms with Crippen LogP contribution in [0.25, 0.3) is 0 Å². The monoisotopic (exact) mass is 285 g/mol. The molecule has 0 aromatic heterocycles. The van der Waals surface area contributed by atoms with Crippen molar-refractivity contribution in [3.63, 3.8) is 0 Å². The SMILES string of the molecule is CC[C@H](C)[C@H](NC(=O)c1cc(O)ccc1Cl)C(=O)O. The zero-order valence-corrected chi connectivity index (χ0v) is 11.4. The summed E-state index contributed by atoms with van der Waals surface area (Å²) in [6.45, 7) is 3.58. The van der Waals surface area contributed by atoms with E-state index in [-0.39, 0.29) is 22.3 Å². The van der Waals surface area contributed by atoms with Crippen LogP contribution in [0.5, 0.6) is 5.75 Å². The molecule has 5 nitrogen and oxygen atoms in total. The minimum atomic E-state index is -1.10. The van der Waals surface area contributed by atoms with Crippen molar-refractivity contribution in [2.24, 2.45) is 5.92 Å². The molecule has 1 aromatic carbocycles. The maximum Gasteiger partial charge on any atom is 0.326 e. The van der Waals surface area contributed by atoms with Gasteiger partial charge in [0.2, 0.25) is 0 Å². The van der Waals surface area contributed by atoms with Gasteiger partial charge in [0.25, 0.3) is 5.91 Å². The molecule has 1 aromatic rings. The van der Waals surface area contributed by atoms with Crippen molar-refractivity contribution in [3.8, 4) is 5.75 Å². The summed E-state index contributed by atoms with van der Waals surface area (Å²) in [4.78, 5) is 23.1. The highest BCUT2D eigenvalue weighted by atomic mass is 35.5. The number of carbonyl (C=O) groups is 2. The number of carboxylic acids is 1. The Hall–Kier alpha value is -1.75. The van der Waals surface area contributed by atoms with Crippen molar-refractivity contribution < 1.29 is 19.8 Å². The maximum atomic E-state index is 12.0. The average Bonchev–Trinajstić information content (AvgIpc) is 2.37. The zero-order chi connectivity index (χ0) is 14.6. The molecule has 0 aliphatic carbocycles. The van der Waals surface area contributed by atoms with Crippen molar-refractivity contribution in [2.75, 3.05) is 0 Å². The summed E-state index contributed by atoms with van der Waals surface area (Å²) in [7, 11) is 0. The lowest BCUT2D eigenvalue weighted by atomic mass is 9.99. The molecule has 1 rings (SSSR count). The van der Waals surface area contributed by atoms with Crippen LogP contribution in [0.4, 0.5) is 0 Å². The molecule has 0 bridgehead atoms. The Kier molecular flexibility index (Phi) is 5.18. The van der Waals surface area contributed by atoms with E-state index < -0.39 is 17.9 Å². The largest absolute Gasteiger partial charge is 0.508 e. The predicted octanol–water partition coefficient (Wildman–Crippen LogP) is 2.27. The van der Waals surface area contributed by atoms with Crippen LogP contribution in [0.1, 0.15) is 30.6 Å². The predicted molar refractivity (Wildman–Crippen MR) is 71.5 cm³/mol. The van der Waals surface area contributed by atoms with E-state index in [1.165, 1.54) is 18.2 Å². The summed E-state index contributed by atoms with van der Waals surface area (Å²) in [6.07, 6.45) is 0.616. The number of amides is 1. The summed E-state index contributed by atoms with van der Waals surface area (Å²) in [5.74, 6) is -2.03. The minimum absolute atomic E-state index is 0.0521. The molecule has 2 atom stereocenters. The Morgan fingerprint density at radius 1 is 1.42 bits per heavy atom. The van der Waals surface area contributed by atoms with Crippen molar-refractivity contribution in [3.05, 3.63) is 28.8 Å². The van der Waals surface area contributed by atoms with Gasteiger partial charge < -0.3 is 15.5 Å².